The number of hydrogen-bond donors (Lipinski definition) is 0. The molecule has 2 bridgehead atoms. The molecule has 0 saturated carbocycles. The van der Waals surface area contributed by atoms with Crippen LogP contribution in [0.25, 0.3) is 0 Å². The van der Waals surface area contributed by atoms with Gasteiger partial charge in [-0.05, 0) is 52.0 Å². The Bertz CT molecular complexity index is 443. The minimum Gasteiger partial charge on any atom is -0.257 e. The molecule has 0 saturated heterocycles. The van der Waals surface area contributed by atoms with Gasteiger partial charge < -0.3 is 0 Å². The van der Waals surface area contributed by atoms with Crippen LogP contribution in [0, 0.1) is 5.41 Å². The molecule has 0 spiro atoms. The van der Waals surface area contributed by atoms with Crippen LogP contribution in [-0.2, 0) is 0 Å². The van der Waals surface area contributed by atoms with Crippen LogP contribution in [0.3, 0.4) is 0 Å². The van der Waals surface area contributed by atoms with E-state index in [0.29, 0.717) is 0 Å². The van der Waals surface area contributed by atoms with E-state index in [2.05, 4.69) is 36.0 Å². The molecule has 0 N–H and O–H groups in total. The minimum absolute atomic E-state index is 0.0947. The summed E-state index contributed by atoms with van der Waals surface area (Å²) in [4.78, 5) is 9.22. The van der Waals surface area contributed by atoms with E-state index < -0.39 is 0 Å². The second kappa shape index (κ2) is 3.30. The average molecular weight is 200 g/mol. The fourth-order valence-electron chi connectivity index (χ4n) is 1.76. The van der Waals surface area contributed by atoms with Crippen molar-refractivity contribution in [2.24, 2.45) is 15.4 Å². The number of fused-ring (bicyclic) bond motifs is 2. The van der Waals surface area contributed by atoms with Crippen LogP contribution in [0.15, 0.2) is 45.7 Å². The molecule has 2 nitrogen and oxygen atoms in total. The van der Waals surface area contributed by atoms with E-state index >= 15 is 0 Å². The van der Waals surface area contributed by atoms with Crippen LogP contribution >= 0.6 is 0 Å². The van der Waals surface area contributed by atoms with Crippen molar-refractivity contribution in [2.45, 2.75) is 27.7 Å². The van der Waals surface area contributed by atoms with E-state index in [4.69, 9.17) is 0 Å². The van der Waals surface area contributed by atoms with Crippen LogP contribution < -0.4 is 0 Å². The van der Waals surface area contributed by atoms with Gasteiger partial charge in [0.15, 0.2) is 0 Å². The molecule has 0 fully saturated rings. The van der Waals surface area contributed by atoms with Crippen molar-refractivity contribution >= 4 is 11.4 Å². The number of nitrogens with zero attached hydrogens (tertiary/aromatic N) is 2. The van der Waals surface area contributed by atoms with Gasteiger partial charge in [0, 0.05) is 16.8 Å². The Morgan fingerprint density at radius 3 is 2.47 bits per heavy atom. The van der Waals surface area contributed by atoms with Gasteiger partial charge in [-0.2, -0.15) is 0 Å². The number of hydrogen-bond acceptors (Lipinski definition) is 2. The second-order valence-electron chi connectivity index (χ2n) is 4.57. The second-order valence-corrected chi connectivity index (χ2v) is 4.57. The van der Waals surface area contributed by atoms with Crippen LogP contribution in [0.1, 0.15) is 27.7 Å². The first-order valence-electron chi connectivity index (χ1n) is 5.22. The zero-order valence-electron chi connectivity index (χ0n) is 9.70. The third-order valence-corrected chi connectivity index (χ3v) is 2.84. The molecule has 2 rings (SSSR count). The first-order valence-corrected chi connectivity index (χ1v) is 5.22. The van der Waals surface area contributed by atoms with E-state index in [1.54, 1.807) is 0 Å². The Balaban J connectivity index is 2.68. The van der Waals surface area contributed by atoms with E-state index in [1.807, 2.05) is 26.0 Å². The summed E-state index contributed by atoms with van der Waals surface area (Å²) in [6.07, 6.45) is 8.20. The molecule has 0 aliphatic carbocycles. The van der Waals surface area contributed by atoms with Crippen LogP contribution in [-0.4, -0.2) is 11.4 Å². The lowest BCUT2D eigenvalue weighted by Crippen LogP contribution is -2.23. The Labute approximate surface area is 90.8 Å². The quantitative estimate of drug-likeness (QED) is 0.573. The fourth-order valence-corrected chi connectivity index (χ4v) is 1.76. The number of allylic oxidation sites excluding steroid dienone is 6. The first-order chi connectivity index (χ1) is 7.00. The van der Waals surface area contributed by atoms with Gasteiger partial charge in [0.05, 0.1) is 11.4 Å². The predicted molar refractivity (Wildman–Crippen MR) is 65.3 cm³/mol. The van der Waals surface area contributed by atoms with Crippen LogP contribution in [0.2, 0.25) is 0 Å². The maximum Gasteiger partial charge on any atom is 0.0523 e. The van der Waals surface area contributed by atoms with Gasteiger partial charge in [-0.3, -0.25) is 9.98 Å². The lowest BCUT2D eigenvalue weighted by Gasteiger charge is -2.23. The highest BCUT2D eigenvalue weighted by atomic mass is 14.8. The molecule has 0 aromatic rings. The van der Waals surface area contributed by atoms with Crippen molar-refractivity contribution in [3.05, 3.63) is 35.7 Å². The van der Waals surface area contributed by atoms with E-state index in [1.165, 1.54) is 0 Å². The predicted octanol–water partition coefficient (Wildman–Crippen LogP) is 3.29. The Hall–Kier alpha value is -1.44. The number of aliphatic imine (C=N–C) groups is 2. The zero-order chi connectivity index (χ0) is 11.1. The highest BCUT2D eigenvalue weighted by Crippen LogP contribution is 2.34. The molecular formula is C13H16N2. The molecule has 78 valence electrons. The fraction of sp³-hybridized carbons (Fsp3) is 0.385. The Morgan fingerprint density at radius 2 is 1.73 bits per heavy atom. The first kappa shape index (κ1) is 10.1. The number of rotatable bonds is 0. The van der Waals surface area contributed by atoms with Crippen molar-refractivity contribution in [1.29, 1.82) is 0 Å². The van der Waals surface area contributed by atoms with Gasteiger partial charge in [0.25, 0.3) is 0 Å². The molecule has 0 aromatic heterocycles. The van der Waals surface area contributed by atoms with Gasteiger partial charge in [-0.25, -0.2) is 0 Å². The monoisotopic (exact) mass is 200 g/mol. The summed E-state index contributed by atoms with van der Waals surface area (Å²) in [6, 6.07) is 0. The summed E-state index contributed by atoms with van der Waals surface area (Å²) >= 11 is 0. The standard InChI is InChI=1S/C13H16N2/c1-9-5-7-12-13(3,4)11(14-9)8-6-10(2)15-12/h5-8H,1-4H3. The summed E-state index contributed by atoms with van der Waals surface area (Å²) < 4.78 is 0. The minimum atomic E-state index is -0.0947. The third-order valence-electron chi connectivity index (χ3n) is 2.84. The normalized spacial score (nSPS) is 23.2. The molecule has 2 aliphatic heterocycles. The third kappa shape index (κ3) is 1.72. The van der Waals surface area contributed by atoms with Crippen molar-refractivity contribution in [3.8, 4) is 0 Å². The van der Waals surface area contributed by atoms with Crippen LogP contribution in [0.4, 0.5) is 0 Å². The lowest BCUT2D eigenvalue weighted by atomic mass is 9.84. The highest BCUT2D eigenvalue weighted by Gasteiger charge is 2.30. The van der Waals surface area contributed by atoms with Gasteiger partial charge in [-0.15, -0.1) is 0 Å². The molecule has 2 aliphatic rings. The molecule has 0 radical (unpaired) electrons. The molecule has 0 atom stereocenters. The zero-order valence-corrected chi connectivity index (χ0v) is 9.70. The topological polar surface area (TPSA) is 24.7 Å². The van der Waals surface area contributed by atoms with Crippen molar-refractivity contribution in [3.63, 3.8) is 0 Å². The highest BCUT2D eigenvalue weighted by molar-refractivity contribution is 6.09. The maximum absolute atomic E-state index is 4.61. The smallest absolute Gasteiger partial charge is 0.0523 e. The summed E-state index contributed by atoms with van der Waals surface area (Å²) in [5, 5.41) is 0. The van der Waals surface area contributed by atoms with E-state index in [-0.39, 0.29) is 5.41 Å². The summed E-state index contributed by atoms with van der Waals surface area (Å²) in [5.74, 6) is 0. The summed E-state index contributed by atoms with van der Waals surface area (Å²) in [5.41, 5.74) is 4.14. The molecule has 0 aromatic carbocycles. The average Bonchev–Trinajstić information content (AvgIpc) is 2.32. The molecule has 2 heteroatoms. The van der Waals surface area contributed by atoms with Gasteiger partial charge in [0.1, 0.15) is 0 Å². The van der Waals surface area contributed by atoms with E-state index in [0.717, 1.165) is 22.8 Å². The van der Waals surface area contributed by atoms with Gasteiger partial charge in [-0.1, -0.05) is 0 Å². The van der Waals surface area contributed by atoms with Crippen LogP contribution in [0.5, 0.6) is 0 Å². The molecular weight excluding hydrogens is 184 g/mol. The lowest BCUT2D eigenvalue weighted by molar-refractivity contribution is 0.624. The molecule has 0 unspecified atom stereocenters. The van der Waals surface area contributed by atoms with Crippen molar-refractivity contribution in [1.82, 2.24) is 0 Å². The van der Waals surface area contributed by atoms with Gasteiger partial charge >= 0.3 is 0 Å². The summed E-state index contributed by atoms with van der Waals surface area (Å²) in [6.45, 7) is 8.36. The summed E-state index contributed by atoms with van der Waals surface area (Å²) in [7, 11) is 0. The largest absolute Gasteiger partial charge is 0.257 e. The van der Waals surface area contributed by atoms with E-state index in [9.17, 15) is 0 Å². The van der Waals surface area contributed by atoms with Crippen molar-refractivity contribution < 1.29 is 0 Å². The van der Waals surface area contributed by atoms with Crippen molar-refractivity contribution in [2.75, 3.05) is 0 Å². The molecule has 2 heterocycles. The Morgan fingerprint density at radius 1 is 1.00 bits per heavy atom. The Kier molecular flexibility index (Phi) is 2.22. The van der Waals surface area contributed by atoms with Gasteiger partial charge in [0.2, 0.25) is 0 Å². The molecule has 0 amide bonds. The maximum atomic E-state index is 4.61. The SMILES string of the molecule is CC1=CC=C2N=C(C)C=CC(=N1)C2(C)C. The molecule has 15 heavy (non-hydrogen) atoms.